The van der Waals surface area contributed by atoms with Crippen LogP contribution in [0.4, 0.5) is 0 Å². The predicted octanol–water partition coefficient (Wildman–Crippen LogP) is 2.13. The smallest absolute Gasteiger partial charge is 0.317 e. The molecule has 1 N–H and O–H groups in total. The highest BCUT2D eigenvalue weighted by molar-refractivity contribution is 7.89. The summed E-state index contributed by atoms with van der Waals surface area (Å²) in [5.74, 6) is -0.320. The van der Waals surface area contributed by atoms with E-state index in [0.29, 0.717) is 37.0 Å². The molecule has 2 aliphatic rings. The molecule has 138 valence electrons. The Labute approximate surface area is 149 Å². The number of hydrogen-bond acceptors (Lipinski definition) is 4. The summed E-state index contributed by atoms with van der Waals surface area (Å²) in [6.07, 6.45) is 6.20. The molecule has 1 heterocycles. The second kappa shape index (κ2) is 7.85. The van der Waals surface area contributed by atoms with Crippen molar-refractivity contribution < 1.29 is 18.3 Å². The van der Waals surface area contributed by atoms with Crippen LogP contribution < -0.4 is 0 Å². The van der Waals surface area contributed by atoms with Crippen LogP contribution in [-0.4, -0.2) is 61.4 Å². The van der Waals surface area contributed by atoms with Crippen molar-refractivity contribution in [3.05, 3.63) is 29.8 Å². The highest BCUT2D eigenvalue weighted by Gasteiger charge is 2.29. The first-order valence-corrected chi connectivity index (χ1v) is 10.4. The van der Waals surface area contributed by atoms with Gasteiger partial charge in [0.25, 0.3) is 0 Å². The Morgan fingerprint density at radius 2 is 1.60 bits per heavy atom. The van der Waals surface area contributed by atoms with Gasteiger partial charge in [-0.15, -0.1) is 0 Å². The number of rotatable bonds is 5. The lowest BCUT2D eigenvalue weighted by Crippen LogP contribution is -2.49. The maximum Gasteiger partial charge on any atom is 0.317 e. The molecule has 0 spiro atoms. The number of sulfonamides is 1. The monoisotopic (exact) mass is 366 g/mol. The molecule has 0 radical (unpaired) electrons. The molecule has 0 atom stereocenters. The third-order valence-corrected chi connectivity index (χ3v) is 7.20. The standard InChI is InChI=1S/C18H26N2O4S/c21-18(22)14-19-10-12-20(13-11-19)25(23,24)17-8-6-16(7-9-17)15-4-2-1-3-5-15/h6-9,15H,1-5,10-14H2,(H,21,22). The Hall–Kier alpha value is -1.44. The van der Waals surface area contributed by atoms with E-state index in [2.05, 4.69) is 0 Å². The summed E-state index contributed by atoms with van der Waals surface area (Å²) in [7, 11) is -3.50. The molecule has 2 fully saturated rings. The number of aliphatic carboxylic acids is 1. The first-order valence-electron chi connectivity index (χ1n) is 9.01. The summed E-state index contributed by atoms with van der Waals surface area (Å²) in [4.78, 5) is 12.9. The van der Waals surface area contributed by atoms with Gasteiger partial charge in [0.15, 0.2) is 0 Å². The van der Waals surface area contributed by atoms with E-state index in [4.69, 9.17) is 5.11 Å². The molecule has 0 aromatic heterocycles. The van der Waals surface area contributed by atoms with Crippen LogP contribution >= 0.6 is 0 Å². The van der Waals surface area contributed by atoms with Gasteiger partial charge in [-0.1, -0.05) is 31.4 Å². The Morgan fingerprint density at radius 3 is 2.16 bits per heavy atom. The van der Waals surface area contributed by atoms with Crippen molar-refractivity contribution in [1.29, 1.82) is 0 Å². The van der Waals surface area contributed by atoms with Crippen LogP contribution in [0.25, 0.3) is 0 Å². The summed E-state index contributed by atoms with van der Waals surface area (Å²) in [6.45, 7) is 1.53. The summed E-state index contributed by atoms with van der Waals surface area (Å²) in [5, 5.41) is 8.83. The molecule has 3 rings (SSSR count). The minimum Gasteiger partial charge on any atom is -0.480 e. The van der Waals surface area contributed by atoms with Gasteiger partial charge in [0.05, 0.1) is 11.4 Å². The fourth-order valence-corrected chi connectivity index (χ4v) is 5.24. The molecule has 1 aliphatic heterocycles. The summed E-state index contributed by atoms with van der Waals surface area (Å²) in [5.41, 5.74) is 1.24. The van der Waals surface area contributed by atoms with Gasteiger partial charge in [0.2, 0.25) is 10.0 Å². The quantitative estimate of drug-likeness (QED) is 0.864. The van der Waals surface area contributed by atoms with Crippen LogP contribution in [0.5, 0.6) is 0 Å². The zero-order valence-corrected chi connectivity index (χ0v) is 15.2. The molecule has 0 amide bonds. The van der Waals surface area contributed by atoms with Gasteiger partial charge in [-0.05, 0) is 36.5 Å². The number of carboxylic acids is 1. The fourth-order valence-electron chi connectivity index (χ4n) is 3.82. The summed E-state index contributed by atoms with van der Waals surface area (Å²) < 4.78 is 27.0. The first-order chi connectivity index (χ1) is 12.0. The van der Waals surface area contributed by atoms with Crippen molar-refractivity contribution in [3.8, 4) is 0 Å². The van der Waals surface area contributed by atoms with Crippen LogP contribution in [0.3, 0.4) is 0 Å². The topological polar surface area (TPSA) is 77.9 Å². The molecule has 1 aromatic rings. The van der Waals surface area contributed by atoms with Gasteiger partial charge in [0, 0.05) is 26.2 Å². The zero-order chi connectivity index (χ0) is 17.9. The number of carboxylic acid groups (broad SMARTS) is 1. The average Bonchev–Trinajstić information content (AvgIpc) is 2.62. The highest BCUT2D eigenvalue weighted by Crippen LogP contribution is 2.33. The average molecular weight is 366 g/mol. The predicted molar refractivity (Wildman–Crippen MR) is 95.1 cm³/mol. The fraction of sp³-hybridized carbons (Fsp3) is 0.611. The van der Waals surface area contributed by atoms with Crippen LogP contribution in [0.2, 0.25) is 0 Å². The van der Waals surface area contributed by atoms with Gasteiger partial charge < -0.3 is 5.11 Å². The maximum absolute atomic E-state index is 12.8. The lowest BCUT2D eigenvalue weighted by molar-refractivity contribution is -0.138. The third-order valence-electron chi connectivity index (χ3n) is 5.28. The van der Waals surface area contributed by atoms with Crippen molar-refractivity contribution in [2.75, 3.05) is 32.7 Å². The van der Waals surface area contributed by atoms with Gasteiger partial charge in [-0.25, -0.2) is 8.42 Å². The Kier molecular flexibility index (Phi) is 5.76. The summed E-state index contributed by atoms with van der Waals surface area (Å²) in [6, 6.07) is 7.37. The Balaban J connectivity index is 1.65. The van der Waals surface area contributed by atoms with Gasteiger partial charge in [-0.3, -0.25) is 9.69 Å². The van der Waals surface area contributed by atoms with E-state index in [1.807, 2.05) is 12.1 Å². The van der Waals surface area contributed by atoms with Crippen LogP contribution in [-0.2, 0) is 14.8 Å². The molecule has 25 heavy (non-hydrogen) atoms. The molecule has 6 nitrogen and oxygen atoms in total. The lowest BCUT2D eigenvalue weighted by Gasteiger charge is -2.33. The number of hydrogen-bond donors (Lipinski definition) is 1. The highest BCUT2D eigenvalue weighted by atomic mass is 32.2. The van der Waals surface area contributed by atoms with Crippen LogP contribution in [0, 0.1) is 0 Å². The second-order valence-corrected chi connectivity index (χ2v) is 8.92. The van der Waals surface area contributed by atoms with Crippen molar-refractivity contribution in [1.82, 2.24) is 9.21 Å². The SMILES string of the molecule is O=C(O)CN1CCN(S(=O)(=O)c2ccc(C3CCCCC3)cc2)CC1. The van der Waals surface area contributed by atoms with E-state index >= 15 is 0 Å². The number of nitrogens with zero attached hydrogens (tertiary/aromatic N) is 2. The summed E-state index contributed by atoms with van der Waals surface area (Å²) >= 11 is 0. The van der Waals surface area contributed by atoms with Crippen molar-refractivity contribution in [3.63, 3.8) is 0 Å². The first kappa shape index (κ1) is 18.4. The van der Waals surface area contributed by atoms with Gasteiger partial charge >= 0.3 is 5.97 Å². The van der Waals surface area contributed by atoms with Crippen molar-refractivity contribution >= 4 is 16.0 Å². The van der Waals surface area contributed by atoms with Gasteiger partial charge in [-0.2, -0.15) is 4.31 Å². The normalized spacial score (nSPS) is 21.3. The second-order valence-electron chi connectivity index (χ2n) is 6.98. The van der Waals surface area contributed by atoms with Crippen LogP contribution in [0.15, 0.2) is 29.2 Å². The van der Waals surface area contributed by atoms with E-state index in [1.165, 1.54) is 42.0 Å². The molecule has 1 saturated heterocycles. The van der Waals surface area contributed by atoms with E-state index in [-0.39, 0.29) is 6.54 Å². The molecular weight excluding hydrogens is 340 g/mol. The van der Waals surface area contributed by atoms with Crippen LogP contribution in [0.1, 0.15) is 43.6 Å². The lowest BCUT2D eigenvalue weighted by atomic mass is 9.84. The van der Waals surface area contributed by atoms with Gasteiger partial charge in [0.1, 0.15) is 0 Å². The molecule has 7 heteroatoms. The minimum absolute atomic E-state index is 0.0377. The largest absolute Gasteiger partial charge is 0.480 e. The molecular formula is C18H26N2O4S. The van der Waals surface area contributed by atoms with Crippen molar-refractivity contribution in [2.45, 2.75) is 42.9 Å². The van der Waals surface area contributed by atoms with E-state index in [1.54, 1.807) is 17.0 Å². The molecule has 1 saturated carbocycles. The van der Waals surface area contributed by atoms with Crippen molar-refractivity contribution in [2.24, 2.45) is 0 Å². The molecule has 1 aliphatic carbocycles. The van der Waals surface area contributed by atoms with E-state index < -0.39 is 16.0 Å². The van der Waals surface area contributed by atoms with E-state index in [9.17, 15) is 13.2 Å². The molecule has 1 aromatic carbocycles. The Morgan fingerprint density at radius 1 is 1.00 bits per heavy atom. The zero-order valence-electron chi connectivity index (χ0n) is 14.4. The number of carbonyl (C=O) groups is 1. The number of piperazine rings is 1. The maximum atomic E-state index is 12.8. The van der Waals surface area contributed by atoms with E-state index in [0.717, 1.165) is 0 Å². The molecule has 0 unspecified atom stereocenters. The Bertz CT molecular complexity index is 688. The minimum atomic E-state index is -3.50. The number of benzene rings is 1. The molecule has 0 bridgehead atoms. The third kappa shape index (κ3) is 4.40.